The van der Waals surface area contributed by atoms with Crippen molar-refractivity contribution in [3.8, 4) is 0 Å². The highest BCUT2D eigenvalue weighted by molar-refractivity contribution is 5.85. The molecule has 1 atom stereocenters. The molecule has 5 rings (SSSR count). The highest BCUT2D eigenvalue weighted by atomic mass is 16.2. The summed E-state index contributed by atoms with van der Waals surface area (Å²) in [6.45, 7) is 6.20. The van der Waals surface area contributed by atoms with Crippen LogP contribution in [0.4, 0.5) is 5.69 Å². The third-order valence-electron chi connectivity index (χ3n) is 6.71. The van der Waals surface area contributed by atoms with Gasteiger partial charge in [0.15, 0.2) is 0 Å². The van der Waals surface area contributed by atoms with E-state index in [0.29, 0.717) is 0 Å². The van der Waals surface area contributed by atoms with Gasteiger partial charge in [-0.2, -0.15) is 0 Å². The summed E-state index contributed by atoms with van der Waals surface area (Å²) in [5.74, 6) is 2.74. The fraction of sp³-hybridized carbons (Fsp3) is 0.667. The number of carbonyl (C=O) groups is 1. The summed E-state index contributed by atoms with van der Waals surface area (Å²) < 4.78 is 0. The van der Waals surface area contributed by atoms with E-state index in [1.807, 2.05) is 6.92 Å². The summed E-state index contributed by atoms with van der Waals surface area (Å²) in [4.78, 5) is 12.8. The molecule has 24 heavy (non-hydrogen) atoms. The normalized spacial score (nSPS) is 34.9. The summed E-state index contributed by atoms with van der Waals surface area (Å²) in [6, 6.07) is 6.11. The van der Waals surface area contributed by atoms with E-state index in [4.69, 9.17) is 0 Å². The molecule has 4 aliphatic rings. The van der Waals surface area contributed by atoms with Crippen LogP contribution in [0.1, 0.15) is 56.6 Å². The van der Waals surface area contributed by atoms with Crippen molar-refractivity contribution in [2.24, 2.45) is 17.8 Å². The molecule has 1 aromatic rings. The number of aryl methyl sites for hydroxylation is 2. The maximum atomic E-state index is 12.8. The van der Waals surface area contributed by atoms with Crippen LogP contribution < -0.4 is 10.6 Å². The Morgan fingerprint density at radius 3 is 2.17 bits per heavy atom. The number of benzene rings is 1. The molecule has 4 aliphatic carbocycles. The lowest BCUT2D eigenvalue weighted by Crippen LogP contribution is -2.61. The Hall–Kier alpha value is -1.51. The first-order valence-corrected chi connectivity index (χ1v) is 9.58. The van der Waals surface area contributed by atoms with Gasteiger partial charge in [-0.1, -0.05) is 6.07 Å². The lowest BCUT2D eigenvalue weighted by Gasteiger charge is -2.57. The van der Waals surface area contributed by atoms with Crippen LogP contribution in [0.25, 0.3) is 0 Å². The Balaban J connectivity index is 1.41. The van der Waals surface area contributed by atoms with Crippen molar-refractivity contribution in [3.63, 3.8) is 0 Å². The van der Waals surface area contributed by atoms with E-state index in [1.165, 1.54) is 49.7 Å². The van der Waals surface area contributed by atoms with Crippen molar-refractivity contribution in [3.05, 3.63) is 29.3 Å². The first-order valence-electron chi connectivity index (χ1n) is 9.58. The van der Waals surface area contributed by atoms with Crippen LogP contribution in [0.3, 0.4) is 0 Å². The molecule has 0 heterocycles. The average Bonchev–Trinajstić information content (AvgIpc) is 2.49. The minimum absolute atomic E-state index is 0.102. The molecular weight excluding hydrogens is 296 g/mol. The summed E-state index contributed by atoms with van der Waals surface area (Å²) in [5, 5.41) is 6.85. The number of nitrogens with one attached hydrogen (secondary N) is 2. The van der Waals surface area contributed by atoms with Crippen LogP contribution in [0.2, 0.25) is 0 Å². The first-order chi connectivity index (χ1) is 11.4. The van der Waals surface area contributed by atoms with Crippen molar-refractivity contribution in [2.75, 3.05) is 5.32 Å². The predicted molar refractivity (Wildman–Crippen MR) is 98.0 cm³/mol. The fourth-order valence-corrected chi connectivity index (χ4v) is 5.78. The SMILES string of the molecule is Cc1ccc(N[C@H](C)C(=O)NC23CC4CC(CC(C4)C2)C3)cc1C. The summed E-state index contributed by atoms with van der Waals surface area (Å²) in [6.07, 6.45) is 7.85. The largest absolute Gasteiger partial charge is 0.374 e. The van der Waals surface area contributed by atoms with Crippen molar-refractivity contribution in [1.82, 2.24) is 5.32 Å². The highest BCUT2D eigenvalue weighted by Crippen LogP contribution is 2.55. The maximum Gasteiger partial charge on any atom is 0.242 e. The second-order valence-electron chi connectivity index (χ2n) is 8.85. The topological polar surface area (TPSA) is 41.1 Å². The zero-order valence-electron chi connectivity index (χ0n) is 15.2. The summed E-state index contributed by atoms with van der Waals surface area (Å²) in [7, 11) is 0. The van der Waals surface area contributed by atoms with Crippen LogP contribution in [0.5, 0.6) is 0 Å². The quantitative estimate of drug-likeness (QED) is 0.871. The molecule has 4 fully saturated rings. The van der Waals surface area contributed by atoms with Gasteiger partial charge in [0.1, 0.15) is 6.04 Å². The number of hydrogen-bond acceptors (Lipinski definition) is 2. The Bertz CT molecular complexity index is 616. The average molecular weight is 326 g/mol. The molecule has 1 amide bonds. The van der Waals surface area contributed by atoms with Crippen LogP contribution >= 0.6 is 0 Å². The van der Waals surface area contributed by atoms with Gasteiger partial charge in [-0.25, -0.2) is 0 Å². The van der Waals surface area contributed by atoms with E-state index in [9.17, 15) is 4.79 Å². The van der Waals surface area contributed by atoms with Gasteiger partial charge in [-0.15, -0.1) is 0 Å². The Morgan fingerprint density at radius 1 is 1.04 bits per heavy atom. The summed E-state index contributed by atoms with van der Waals surface area (Å²) in [5.41, 5.74) is 3.68. The van der Waals surface area contributed by atoms with E-state index < -0.39 is 0 Å². The van der Waals surface area contributed by atoms with Gasteiger partial charge < -0.3 is 10.6 Å². The van der Waals surface area contributed by atoms with Crippen LogP contribution in [0.15, 0.2) is 18.2 Å². The molecule has 0 radical (unpaired) electrons. The highest BCUT2D eigenvalue weighted by Gasteiger charge is 2.51. The Morgan fingerprint density at radius 2 is 1.62 bits per heavy atom. The van der Waals surface area contributed by atoms with Gasteiger partial charge in [0.25, 0.3) is 0 Å². The van der Waals surface area contributed by atoms with Gasteiger partial charge >= 0.3 is 0 Å². The third kappa shape index (κ3) is 2.94. The van der Waals surface area contributed by atoms with Crippen molar-refractivity contribution in [2.45, 2.75) is 70.9 Å². The number of carbonyl (C=O) groups excluding carboxylic acids is 1. The van der Waals surface area contributed by atoms with E-state index in [-0.39, 0.29) is 17.5 Å². The number of rotatable bonds is 4. The number of amides is 1. The standard InChI is InChI=1S/C21H30N2O/c1-13-4-5-19(6-14(13)2)22-15(3)20(24)23-21-10-16-7-17(11-21)9-18(8-16)12-21/h4-6,15-18,22H,7-12H2,1-3H3,(H,23,24)/t15-,16?,17?,18?,21?/m1/s1. The fourth-order valence-electron chi connectivity index (χ4n) is 5.78. The van der Waals surface area contributed by atoms with E-state index >= 15 is 0 Å². The van der Waals surface area contributed by atoms with Crippen molar-refractivity contribution >= 4 is 11.6 Å². The predicted octanol–water partition coefficient (Wildman–Crippen LogP) is 4.19. The third-order valence-corrected chi connectivity index (χ3v) is 6.71. The van der Waals surface area contributed by atoms with Gasteiger partial charge in [-0.3, -0.25) is 4.79 Å². The van der Waals surface area contributed by atoms with Gasteiger partial charge in [0.05, 0.1) is 0 Å². The molecule has 1 aromatic carbocycles. The maximum absolute atomic E-state index is 12.8. The summed E-state index contributed by atoms with van der Waals surface area (Å²) >= 11 is 0. The molecule has 4 saturated carbocycles. The molecule has 3 nitrogen and oxygen atoms in total. The number of anilines is 1. The number of hydrogen-bond donors (Lipinski definition) is 2. The molecule has 4 bridgehead atoms. The van der Waals surface area contributed by atoms with Crippen LogP contribution in [0, 0.1) is 31.6 Å². The van der Waals surface area contributed by atoms with Gasteiger partial charge in [-0.05, 0) is 100 Å². The van der Waals surface area contributed by atoms with E-state index in [0.717, 1.165) is 23.4 Å². The van der Waals surface area contributed by atoms with Gasteiger partial charge in [0, 0.05) is 11.2 Å². The molecule has 3 heteroatoms. The Kier molecular flexibility index (Phi) is 3.85. The molecule has 130 valence electrons. The smallest absolute Gasteiger partial charge is 0.242 e. The van der Waals surface area contributed by atoms with Crippen LogP contribution in [-0.4, -0.2) is 17.5 Å². The molecule has 0 unspecified atom stereocenters. The molecule has 0 saturated heterocycles. The second kappa shape index (κ2) is 5.79. The van der Waals surface area contributed by atoms with Crippen LogP contribution in [-0.2, 0) is 4.79 Å². The van der Waals surface area contributed by atoms with E-state index in [1.54, 1.807) is 0 Å². The molecule has 0 aliphatic heterocycles. The lowest BCUT2D eigenvalue weighted by atomic mass is 9.53. The minimum Gasteiger partial charge on any atom is -0.374 e. The molecular formula is C21H30N2O. The Labute approximate surface area is 145 Å². The van der Waals surface area contributed by atoms with Crippen molar-refractivity contribution < 1.29 is 4.79 Å². The first kappa shape index (κ1) is 16.0. The van der Waals surface area contributed by atoms with Crippen molar-refractivity contribution in [1.29, 1.82) is 0 Å². The monoisotopic (exact) mass is 326 g/mol. The van der Waals surface area contributed by atoms with Gasteiger partial charge in [0.2, 0.25) is 5.91 Å². The van der Waals surface area contributed by atoms with E-state index in [2.05, 4.69) is 42.7 Å². The minimum atomic E-state index is -0.194. The molecule has 2 N–H and O–H groups in total. The second-order valence-corrected chi connectivity index (χ2v) is 8.85. The zero-order valence-corrected chi connectivity index (χ0v) is 15.2. The lowest BCUT2D eigenvalue weighted by molar-refractivity contribution is -0.127. The molecule has 0 spiro atoms. The molecule has 0 aromatic heterocycles. The zero-order chi connectivity index (χ0) is 16.9.